The van der Waals surface area contributed by atoms with E-state index in [0.29, 0.717) is 17.4 Å². The van der Waals surface area contributed by atoms with Crippen molar-refractivity contribution >= 4 is 21.8 Å². The summed E-state index contributed by atoms with van der Waals surface area (Å²) < 4.78 is 10.4. The number of rotatable bonds is 8. The summed E-state index contributed by atoms with van der Waals surface area (Å²) in [5.41, 5.74) is 10.5. The van der Waals surface area contributed by atoms with Gasteiger partial charge in [-0.05, 0) is 82.8 Å². The van der Waals surface area contributed by atoms with Gasteiger partial charge in [-0.25, -0.2) is 4.98 Å². The summed E-state index contributed by atoms with van der Waals surface area (Å²) in [6.07, 6.45) is 7.86. The molecule has 7 aromatic rings. The van der Waals surface area contributed by atoms with Crippen molar-refractivity contribution in [2.75, 3.05) is 0 Å². The van der Waals surface area contributed by atoms with Crippen LogP contribution in [-0.4, -0.2) is 19.3 Å². The molecule has 3 aromatic heterocycles. The van der Waals surface area contributed by atoms with Crippen molar-refractivity contribution in [2.45, 2.75) is 53.4 Å². The second-order valence-corrected chi connectivity index (χ2v) is 11.9. The Morgan fingerprint density at radius 3 is 2.33 bits per heavy atom. The average molecular weight is 784 g/mol. The van der Waals surface area contributed by atoms with Crippen molar-refractivity contribution in [3.63, 3.8) is 0 Å². The third-order valence-corrected chi connectivity index (χ3v) is 8.53. The summed E-state index contributed by atoms with van der Waals surface area (Å²) in [5, 5.41) is 7.00. The molecule has 0 unspecified atom stereocenters. The molecule has 0 N–H and O–H groups in total. The first-order valence-electron chi connectivity index (χ1n) is 15.7. The molecule has 0 radical (unpaired) electrons. The van der Waals surface area contributed by atoms with Gasteiger partial charge in [0.15, 0.2) is 0 Å². The number of para-hydroxylation sites is 1. The number of nitrogens with zero attached hydrogens (tertiary/aromatic N) is 4. The summed E-state index contributed by atoms with van der Waals surface area (Å²) in [5.74, 6) is 2.56. The van der Waals surface area contributed by atoms with Crippen molar-refractivity contribution in [2.24, 2.45) is 0 Å². The van der Waals surface area contributed by atoms with Crippen LogP contribution in [0.4, 0.5) is 0 Å². The Labute approximate surface area is 285 Å². The van der Waals surface area contributed by atoms with Gasteiger partial charge in [0.1, 0.15) is 5.82 Å². The van der Waals surface area contributed by atoms with Gasteiger partial charge in [-0.15, -0.1) is 35.7 Å². The Kier molecular flexibility index (Phi) is 8.97. The minimum absolute atomic E-state index is 0. The molecule has 6 heteroatoms. The van der Waals surface area contributed by atoms with Crippen molar-refractivity contribution in [3.8, 4) is 34.1 Å². The zero-order chi connectivity index (χ0) is 31.1. The van der Waals surface area contributed by atoms with Crippen molar-refractivity contribution in [3.05, 3.63) is 132 Å². The van der Waals surface area contributed by atoms with Gasteiger partial charge in [-0.3, -0.25) is 4.68 Å². The zero-order valence-corrected chi connectivity index (χ0v) is 29.0. The number of fused-ring (bicyclic) bond motifs is 3. The van der Waals surface area contributed by atoms with E-state index in [2.05, 4.69) is 111 Å². The van der Waals surface area contributed by atoms with Gasteiger partial charge in [0, 0.05) is 35.0 Å². The third-order valence-electron chi connectivity index (χ3n) is 8.53. The Bertz CT molecular complexity index is 2150. The van der Waals surface area contributed by atoms with E-state index in [9.17, 15) is 0 Å². The van der Waals surface area contributed by atoms with Gasteiger partial charge >= 0.3 is 21.1 Å². The van der Waals surface area contributed by atoms with E-state index >= 15 is 0 Å². The van der Waals surface area contributed by atoms with Crippen LogP contribution in [-0.2, 0) is 33.9 Å². The molecule has 4 aromatic carbocycles. The van der Waals surface area contributed by atoms with E-state index in [4.69, 9.17) is 9.84 Å². The molecule has 0 bridgehead atoms. The fourth-order valence-electron chi connectivity index (χ4n) is 6.20. The van der Waals surface area contributed by atoms with Crippen LogP contribution in [0.15, 0.2) is 97.5 Å². The summed E-state index contributed by atoms with van der Waals surface area (Å²) >= 11 is 0. The van der Waals surface area contributed by atoms with Gasteiger partial charge in [-0.1, -0.05) is 63.5 Å². The molecule has 46 heavy (non-hydrogen) atoms. The summed E-state index contributed by atoms with van der Waals surface area (Å²) in [6, 6.07) is 34.1. The monoisotopic (exact) mass is 783 g/mol. The first kappa shape index (κ1) is 31.5. The molecule has 0 spiro atoms. The van der Waals surface area contributed by atoms with E-state index in [0.717, 1.165) is 57.3 Å². The maximum absolute atomic E-state index is 6.37. The minimum Gasteiger partial charge on any atom is -0.509 e. The molecule has 0 amide bonds. The minimum atomic E-state index is 0. The Morgan fingerprint density at radius 2 is 1.59 bits per heavy atom. The maximum atomic E-state index is 6.37. The van der Waals surface area contributed by atoms with Crippen LogP contribution in [0.1, 0.15) is 55.9 Å². The molecule has 0 aliphatic heterocycles. The number of aryl methyl sites for hydroxylation is 3. The summed E-state index contributed by atoms with van der Waals surface area (Å²) in [7, 11) is 0. The smallest absolute Gasteiger partial charge is 0.509 e. The maximum Gasteiger partial charge on any atom is 2.00 e. The number of hydrogen-bond acceptors (Lipinski definition) is 3. The zero-order valence-electron chi connectivity index (χ0n) is 26.7. The number of ether oxygens (including phenoxy) is 1. The summed E-state index contributed by atoms with van der Waals surface area (Å²) in [6.45, 7) is 11.1. The first-order chi connectivity index (χ1) is 21.9. The van der Waals surface area contributed by atoms with Crippen LogP contribution in [0, 0.1) is 19.1 Å². The fourth-order valence-corrected chi connectivity index (χ4v) is 6.20. The molecule has 0 saturated carbocycles. The number of hydrogen-bond donors (Lipinski definition) is 0. The predicted octanol–water partition coefficient (Wildman–Crippen LogP) is 9.98. The fraction of sp³-hybridized carbons (Fsp3) is 0.200. The van der Waals surface area contributed by atoms with E-state index in [1.807, 2.05) is 47.4 Å². The molecular weight excluding hydrogens is 748 g/mol. The summed E-state index contributed by atoms with van der Waals surface area (Å²) in [4.78, 5) is 4.68. The molecule has 7 rings (SSSR count). The SMILES string of the molecule is CCc1cc(C(C)C)cc(CC)c1-c1cnn(-c2[c-]c(Oc3[c-]c4c(cc3)c3ccccc3n4-c3cc(C)ccn3)ccc2)c1.[Pt+2]. The number of pyridine rings is 1. The van der Waals surface area contributed by atoms with Crippen LogP contribution < -0.4 is 4.74 Å². The topological polar surface area (TPSA) is 44.9 Å². The van der Waals surface area contributed by atoms with Crippen LogP contribution in [0.25, 0.3) is 44.4 Å². The quantitative estimate of drug-likeness (QED) is 0.144. The van der Waals surface area contributed by atoms with Crippen molar-refractivity contribution in [1.82, 2.24) is 19.3 Å². The van der Waals surface area contributed by atoms with Crippen LogP contribution in [0.3, 0.4) is 0 Å². The average Bonchev–Trinajstić information content (AvgIpc) is 3.67. The number of benzene rings is 4. The first-order valence-corrected chi connectivity index (χ1v) is 15.7. The second-order valence-electron chi connectivity index (χ2n) is 11.9. The molecule has 5 nitrogen and oxygen atoms in total. The van der Waals surface area contributed by atoms with Gasteiger partial charge in [0.2, 0.25) is 0 Å². The molecule has 232 valence electrons. The molecule has 0 atom stereocenters. The van der Waals surface area contributed by atoms with Gasteiger partial charge in [-0.2, -0.15) is 17.2 Å². The van der Waals surface area contributed by atoms with Crippen LogP contribution in [0.2, 0.25) is 0 Å². The van der Waals surface area contributed by atoms with Crippen molar-refractivity contribution in [1.29, 1.82) is 0 Å². The predicted molar refractivity (Wildman–Crippen MR) is 183 cm³/mol. The Balaban J connectivity index is 0.00000372. The van der Waals surface area contributed by atoms with Gasteiger partial charge < -0.3 is 9.30 Å². The molecule has 0 aliphatic rings. The van der Waals surface area contributed by atoms with Crippen LogP contribution >= 0.6 is 0 Å². The molecule has 0 saturated heterocycles. The van der Waals surface area contributed by atoms with Crippen LogP contribution in [0.5, 0.6) is 11.5 Å². The van der Waals surface area contributed by atoms with Crippen molar-refractivity contribution < 1.29 is 25.8 Å². The Morgan fingerprint density at radius 1 is 0.826 bits per heavy atom. The Hall–Kier alpha value is -4.47. The number of aromatic nitrogens is 4. The largest absolute Gasteiger partial charge is 2.00 e. The van der Waals surface area contributed by atoms with E-state index in [-0.39, 0.29) is 21.1 Å². The standard InChI is InChI=1S/C40H36N4O.Pt/c1-6-28-20-30(26(3)4)21-29(7-2)40(28)31-24-42-43(25-31)32-11-10-12-33(22-32)45-34-15-16-36-35-13-8-9-14-37(35)44(38(36)23-34)39-19-27(5)17-18-41-39;/h8-21,24-26H,6-7H2,1-5H3;/q-2;+2. The van der Waals surface area contributed by atoms with Gasteiger partial charge in [0.25, 0.3) is 0 Å². The van der Waals surface area contributed by atoms with E-state index in [1.54, 1.807) is 0 Å². The normalized spacial score (nSPS) is 11.3. The van der Waals surface area contributed by atoms with Gasteiger partial charge in [0.05, 0.1) is 6.20 Å². The molecule has 0 fully saturated rings. The molecule has 0 aliphatic carbocycles. The van der Waals surface area contributed by atoms with E-state index in [1.165, 1.54) is 22.3 Å². The molecule has 3 heterocycles. The van der Waals surface area contributed by atoms with E-state index < -0.39 is 0 Å². The molecular formula is C40H36N4OPt. The third kappa shape index (κ3) is 5.81. The second kappa shape index (κ2) is 13.1.